The number of carbonyl (C=O) groups excluding carboxylic acids is 3. The Bertz CT molecular complexity index is 411. The number of rotatable bonds is 5. The molecule has 1 fully saturated rings. The van der Waals surface area contributed by atoms with E-state index in [0.29, 0.717) is 0 Å². The third-order valence-electron chi connectivity index (χ3n) is 2.64. The van der Waals surface area contributed by atoms with Gasteiger partial charge in [-0.2, -0.15) is 0 Å². The van der Waals surface area contributed by atoms with Crippen molar-refractivity contribution in [3.05, 3.63) is 0 Å². The van der Waals surface area contributed by atoms with Crippen molar-refractivity contribution in [1.82, 2.24) is 15.5 Å². The van der Waals surface area contributed by atoms with E-state index in [4.69, 9.17) is 5.11 Å². The summed E-state index contributed by atoms with van der Waals surface area (Å²) in [4.78, 5) is 46.0. The van der Waals surface area contributed by atoms with Crippen molar-refractivity contribution in [2.24, 2.45) is 0 Å². The summed E-state index contributed by atoms with van der Waals surface area (Å²) in [6.45, 7) is 1.46. The summed E-state index contributed by atoms with van der Waals surface area (Å²) >= 11 is 0. The first-order valence-corrected chi connectivity index (χ1v) is 6.15. The average Bonchev–Trinajstić information content (AvgIpc) is 2.38. The van der Waals surface area contributed by atoms with Gasteiger partial charge >= 0.3 is 18.0 Å². The number of carboxylic acids is 1. The number of hydrogen-bond acceptors (Lipinski definition) is 5. The van der Waals surface area contributed by atoms with Crippen LogP contribution in [0.5, 0.6) is 0 Å². The summed E-state index contributed by atoms with van der Waals surface area (Å²) in [6.07, 6.45) is -0.0165. The monoisotopic (exact) mass is 287 g/mol. The van der Waals surface area contributed by atoms with Crippen LogP contribution < -0.4 is 10.6 Å². The fourth-order valence-electron chi connectivity index (χ4n) is 1.68. The van der Waals surface area contributed by atoms with Gasteiger partial charge in [-0.15, -0.1) is 0 Å². The zero-order valence-electron chi connectivity index (χ0n) is 11.0. The first-order valence-electron chi connectivity index (χ1n) is 6.15. The first kappa shape index (κ1) is 15.7. The van der Waals surface area contributed by atoms with E-state index in [9.17, 15) is 19.2 Å². The normalized spacial score (nSPS) is 18.1. The van der Waals surface area contributed by atoms with Crippen LogP contribution in [0.1, 0.15) is 13.3 Å². The number of esters is 1. The van der Waals surface area contributed by atoms with Gasteiger partial charge in [-0.1, -0.05) is 0 Å². The molecule has 1 aliphatic heterocycles. The average molecular weight is 287 g/mol. The van der Waals surface area contributed by atoms with Crippen LogP contribution in [0.4, 0.5) is 4.79 Å². The molecule has 0 aromatic heterocycles. The van der Waals surface area contributed by atoms with Crippen molar-refractivity contribution in [3.8, 4) is 0 Å². The number of urea groups is 1. The molecule has 0 saturated carbocycles. The maximum atomic E-state index is 11.8. The molecule has 0 radical (unpaired) electrons. The Morgan fingerprint density at radius 1 is 1.50 bits per heavy atom. The molecule has 3 amide bonds. The Morgan fingerprint density at radius 3 is 2.80 bits per heavy atom. The van der Waals surface area contributed by atoms with Gasteiger partial charge < -0.3 is 20.5 Å². The minimum absolute atomic E-state index is 0.0160. The third kappa shape index (κ3) is 4.41. The Labute approximate surface area is 115 Å². The number of nitrogens with one attached hydrogen (secondary N) is 2. The number of aliphatic carboxylic acids is 1. The quantitative estimate of drug-likeness (QED) is 0.530. The lowest BCUT2D eigenvalue weighted by molar-refractivity contribution is -0.145. The van der Waals surface area contributed by atoms with E-state index in [1.165, 1.54) is 0 Å². The predicted octanol–water partition coefficient (Wildman–Crippen LogP) is -1.47. The highest BCUT2D eigenvalue weighted by molar-refractivity contribution is 5.90. The van der Waals surface area contributed by atoms with E-state index in [1.54, 1.807) is 6.92 Å². The number of piperazine rings is 1. The number of carboxylic acid groups (broad SMARTS) is 1. The van der Waals surface area contributed by atoms with Gasteiger partial charge in [0.25, 0.3) is 0 Å². The van der Waals surface area contributed by atoms with Gasteiger partial charge in [0.2, 0.25) is 5.91 Å². The largest absolute Gasteiger partial charge is 0.480 e. The lowest BCUT2D eigenvalue weighted by Crippen LogP contribution is -2.61. The topological polar surface area (TPSA) is 125 Å². The Morgan fingerprint density at radius 2 is 2.20 bits per heavy atom. The Hall–Kier alpha value is -2.32. The van der Waals surface area contributed by atoms with Crippen LogP contribution in [0.2, 0.25) is 0 Å². The van der Waals surface area contributed by atoms with Crippen molar-refractivity contribution < 1.29 is 29.0 Å². The molecule has 3 N–H and O–H groups in total. The molecule has 1 unspecified atom stereocenters. The van der Waals surface area contributed by atoms with Crippen LogP contribution in [0.3, 0.4) is 0 Å². The second kappa shape index (κ2) is 7.31. The molecule has 1 rings (SSSR count). The van der Waals surface area contributed by atoms with E-state index in [0.717, 1.165) is 4.90 Å². The molecule has 0 bridgehead atoms. The van der Waals surface area contributed by atoms with Crippen molar-refractivity contribution in [2.75, 3.05) is 26.2 Å². The van der Waals surface area contributed by atoms with Crippen LogP contribution in [0, 0.1) is 0 Å². The molecule has 9 nitrogen and oxygen atoms in total. The van der Waals surface area contributed by atoms with Gasteiger partial charge in [0.1, 0.15) is 12.6 Å². The predicted molar refractivity (Wildman–Crippen MR) is 65.8 cm³/mol. The van der Waals surface area contributed by atoms with Gasteiger partial charge in [0, 0.05) is 13.1 Å². The molecule has 1 atom stereocenters. The molecule has 1 aliphatic rings. The zero-order valence-corrected chi connectivity index (χ0v) is 11.0. The molecular weight excluding hydrogens is 270 g/mol. The minimum Gasteiger partial charge on any atom is -0.480 e. The minimum atomic E-state index is -1.20. The van der Waals surface area contributed by atoms with Crippen LogP contribution >= 0.6 is 0 Å². The van der Waals surface area contributed by atoms with Gasteiger partial charge in [0.05, 0.1) is 13.0 Å². The smallest absolute Gasteiger partial charge is 0.328 e. The number of amides is 3. The van der Waals surface area contributed by atoms with Crippen LogP contribution in [-0.4, -0.2) is 66.2 Å². The van der Waals surface area contributed by atoms with Crippen LogP contribution in [0.25, 0.3) is 0 Å². The number of ether oxygens (including phenoxy) is 1. The van der Waals surface area contributed by atoms with E-state index < -0.39 is 29.9 Å². The fraction of sp³-hybridized carbons (Fsp3) is 0.636. The van der Waals surface area contributed by atoms with Gasteiger partial charge in [-0.05, 0) is 6.92 Å². The summed E-state index contributed by atoms with van der Waals surface area (Å²) in [5.74, 6) is -2.09. The highest BCUT2D eigenvalue weighted by Crippen LogP contribution is 2.04. The van der Waals surface area contributed by atoms with Crippen LogP contribution in [0.15, 0.2) is 0 Å². The van der Waals surface area contributed by atoms with E-state index >= 15 is 0 Å². The summed E-state index contributed by atoms with van der Waals surface area (Å²) in [7, 11) is 0. The van der Waals surface area contributed by atoms with E-state index in [-0.39, 0.29) is 32.7 Å². The first-order chi connectivity index (χ1) is 9.45. The van der Waals surface area contributed by atoms with Crippen molar-refractivity contribution >= 4 is 23.9 Å². The molecule has 1 heterocycles. The van der Waals surface area contributed by atoms with Crippen molar-refractivity contribution in [2.45, 2.75) is 19.4 Å². The summed E-state index contributed by atoms with van der Waals surface area (Å²) < 4.78 is 4.68. The highest BCUT2D eigenvalue weighted by atomic mass is 16.5. The second-order valence-corrected chi connectivity index (χ2v) is 4.07. The molecule has 0 spiro atoms. The van der Waals surface area contributed by atoms with Crippen molar-refractivity contribution in [3.63, 3.8) is 0 Å². The lowest BCUT2D eigenvalue weighted by atomic mass is 10.2. The molecular formula is C11H17N3O6. The highest BCUT2D eigenvalue weighted by Gasteiger charge is 2.35. The maximum Gasteiger partial charge on any atom is 0.328 e. The van der Waals surface area contributed by atoms with Gasteiger partial charge in [0.15, 0.2) is 0 Å². The molecule has 1 saturated heterocycles. The number of carbonyl (C=O) groups is 4. The molecule has 20 heavy (non-hydrogen) atoms. The molecule has 0 aliphatic carbocycles. The fourth-order valence-corrected chi connectivity index (χ4v) is 1.68. The number of hydrogen-bond donors (Lipinski definition) is 3. The standard InChI is InChI=1S/C11H17N3O6/c1-2-20-9(16)3-4-12-11(19)14-6-8(15)13-5-7(14)10(17)18/h7H,2-6H2,1H3,(H,12,19)(H,13,15)(H,17,18). The molecule has 0 aromatic carbocycles. The summed E-state index contributed by atoms with van der Waals surface area (Å²) in [6, 6.07) is -1.81. The Balaban J connectivity index is 2.48. The zero-order chi connectivity index (χ0) is 15.1. The van der Waals surface area contributed by atoms with E-state index in [1.807, 2.05) is 0 Å². The molecule has 0 aromatic rings. The third-order valence-corrected chi connectivity index (χ3v) is 2.64. The molecule has 9 heteroatoms. The summed E-state index contributed by atoms with van der Waals surface area (Å²) in [5.41, 5.74) is 0. The Kier molecular flexibility index (Phi) is 5.75. The van der Waals surface area contributed by atoms with Crippen LogP contribution in [-0.2, 0) is 19.1 Å². The van der Waals surface area contributed by atoms with Gasteiger partial charge in [-0.3, -0.25) is 14.5 Å². The van der Waals surface area contributed by atoms with Crippen molar-refractivity contribution in [1.29, 1.82) is 0 Å². The second-order valence-electron chi connectivity index (χ2n) is 4.07. The maximum absolute atomic E-state index is 11.8. The molecule has 112 valence electrons. The number of nitrogens with zero attached hydrogens (tertiary/aromatic N) is 1. The SMILES string of the molecule is CCOC(=O)CCNC(=O)N1CC(=O)NCC1C(=O)O. The summed E-state index contributed by atoms with van der Waals surface area (Å²) in [5, 5.41) is 13.7. The lowest BCUT2D eigenvalue weighted by Gasteiger charge is -2.32. The van der Waals surface area contributed by atoms with Gasteiger partial charge in [-0.25, -0.2) is 9.59 Å². The van der Waals surface area contributed by atoms with E-state index in [2.05, 4.69) is 15.4 Å².